The third kappa shape index (κ3) is 30.7. The third-order valence-corrected chi connectivity index (χ3v) is 19.2. The van der Waals surface area contributed by atoms with Gasteiger partial charge < -0.3 is 123 Å². The van der Waals surface area contributed by atoms with Gasteiger partial charge in [0.1, 0.15) is 77.7 Å². The average Bonchev–Trinajstić information content (AvgIpc) is 1.00. The topological polar surface area (TPSA) is 695 Å². The Bertz CT molecular complexity index is 4610. The summed E-state index contributed by atoms with van der Waals surface area (Å²) in [5.74, 6) is -20.9. The maximum absolute atomic E-state index is 15.4. The van der Waals surface area contributed by atoms with Gasteiger partial charge in [0.05, 0.1) is 32.5 Å². The van der Waals surface area contributed by atoms with E-state index in [1.807, 2.05) is 11.4 Å². The third-order valence-electron chi connectivity index (χ3n) is 19.2. The number of benzene rings is 4. The number of fused-ring (bicyclic) bond motifs is 2. The zero-order chi connectivity index (χ0) is 88.7. The van der Waals surface area contributed by atoms with Crippen LogP contribution in [0.15, 0.2) is 97.2 Å². The van der Waals surface area contributed by atoms with Crippen molar-refractivity contribution in [3.63, 3.8) is 0 Å². The molecule has 1 fully saturated rings. The Morgan fingerprint density at radius 1 is 0.592 bits per heavy atom. The number of nitrogens with two attached hydrogens (primary N) is 5. The van der Waals surface area contributed by atoms with E-state index in [-0.39, 0.29) is 58.0 Å². The van der Waals surface area contributed by atoms with Crippen LogP contribution >= 0.6 is 0 Å². The molecule has 0 radical (unpaired) electrons. The Kier molecular flexibility index (Phi) is 36.1. The zero-order valence-electron chi connectivity index (χ0n) is 66.7. The summed E-state index contributed by atoms with van der Waals surface area (Å²) in [4.78, 5) is 253. The highest BCUT2D eigenvalue weighted by molar-refractivity contribution is 6.02. The van der Waals surface area contributed by atoms with Gasteiger partial charge in [0.25, 0.3) is 0 Å². The number of ether oxygens (including phenoxy) is 1. The number of hydrogen-bond donors (Lipinski definition) is 23. The fraction of sp³-hybridized carbons (Fsp3) is 0.449. The van der Waals surface area contributed by atoms with Crippen LogP contribution in [0, 0.1) is 5.41 Å². The number of carboxylic acid groups (broad SMARTS) is 1. The smallest absolute Gasteiger partial charge is 0.326 e. The van der Waals surface area contributed by atoms with E-state index in [4.69, 9.17) is 38.8 Å². The van der Waals surface area contributed by atoms with Gasteiger partial charge in [-0.2, -0.15) is 0 Å². The number of carbonyl (C=O) groups excluding carboxylic acids is 17. The minimum Gasteiger partial charge on any atom is -0.497 e. The van der Waals surface area contributed by atoms with Gasteiger partial charge in [0.15, 0.2) is 5.96 Å². The minimum absolute atomic E-state index is 0.0160. The quantitative estimate of drug-likeness (QED) is 0.0132. The van der Waals surface area contributed by atoms with Crippen molar-refractivity contribution in [2.45, 2.75) is 202 Å². The van der Waals surface area contributed by atoms with Gasteiger partial charge >= 0.3 is 5.97 Å². The predicted molar refractivity (Wildman–Crippen MR) is 430 cm³/mol. The predicted octanol–water partition coefficient (Wildman–Crippen LogP) is -5.69. The first-order valence-electron chi connectivity index (χ1n) is 38.4. The molecule has 4 aromatic carbocycles. The van der Waals surface area contributed by atoms with Crippen LogP contribution < -0.4 is 108 Å². The Morgan fingerprint density at radius 2 is 1.15 bits per heavy atom. The molecule has 1 aliphatic rings. The number of aliphatic hydroxyl groups excluding tert-OH is 1. The Labute approximate surface area is 688 Å². The molecule has 2 heterocycles. The Balaban J connectivity index is 1.49. The number of para-hydroxylation sites is 1. The minimum atomic E-state index is -2.16. The molecule has 0 spiro atoms. The summed E-state index contributed by atoms with van der Waals surface area (Å²) in [6.07, 6.45) is -7.32. The number of methoxy groups -OCH3 is 1. The fourth-order valence-electron chi connectivity index (χ4n) is 12.8. The Morgan fingerprint density at radius 3 is 1.76 bits per heavy atom. The summed E-state index contributed by atoms with van der Waals surface area (Å²) in [7, 11) is 1.40. The molecule has 17 amide bonds. The molecule has 6 rings (SSSR count). The number of rotatable bonds is 27. The van der Waals surface area contributed by atoms with Gasteiger partial charge in [-0.25, -0.2) is 4.79 Å². The highest BCUT2D eigenvalue weighted by atomic mass is 16.5. The average molecular weight is 1670 g/mol. The van der Waals surface area contributed by atoms with Crippen molar-refractivity contribution in [2.24, 2.45) is 28.7 Å². The molecule has 1 aromatic heterocycles. The molecule has 5 aromatic rings. The molecule has 0 aliphatic carbocycles. The number of nitrogens with one attached hydrogen (secondary N) is 16. The number of primary amides is 4. The largest absolute Gasteiger partial charge is 0.497 e. The molecule has 1 aliphatic heterocycles. The number of amides is 17. The van der Waals surface area contributed by atoms with Gasteiger partial charge in [-0.05, 0) is 111 Å². The molecule has 2 unspecified atom stereocenters. The number of H-pyrrole nitrogens is 1. The molecule has 42 heteroatoms. The molecule has 0 saturated carbocycles. The first-order valence-corrected chi connectivity index (χ1v) is 38.4. The van der Waals surface area contributed by atoms with E-state index < -0.39 is 242 Å². The molecule has 12 atom stereocenters. The molecule has 120 heavy (non-hydrogen) atoms. The van der Waals surface area contributed by atoms with Gasteiger partial charge in [0.2, 0.25) is 100 Å². The van der Waals surface area contributed by atoms with Gasteiger partial charge in [-0.1, -0.05) is 72.8 Å². The van der Waals surface area contributed by atoms with E-state index in [2.05, 4.69) is 74.1 Å². The summed E-state index contributed by atoms with van der Waals surface area (Å²) in [5.41, 5.74) is 27.1. The van der Waals surface area contributed by atoms with Crippen molar-refractivity contribution in [2.75, 3.05) is 20.2 Å². The lowest BCUT2D eigenvalue weighted by Gasteiger charge is -2.31. The van der Waals surface area contributed by atoms with Crippen LogP contribution in [0.1, 0.15) is 121 Å². The monoisotopic (exact) mass is 1670 g/mol. The normalized spacial score (nSPS) is 21.5. The molecular formula is C78H105N21O21. The lowest BCUT2D eigenvalue weighted by atomic mass is 9.97. The molecule has 0 bridgehead atoms. The highest BCUT2D eigenvalue weighted by Gasteiger charge is 2.41. The van der Waals surface area contributed by atoms with Crippen molar-refractivity contribution < 1.29 is 101 Å². The van der Waals surface area contributed by atoms with Crippen LogP contribution in [0.2, 0.25) is 0 Å². The van der Waals surface area contributed by atoms with Crippen LogP contribution in [-0.4, -0.2) is 226 Å². The van der Waals surface area contributed by atoms with E-state index in [1.54, 1.807) is 84.9 Å². The first kappa shape index (κ1) is 95.0. The number of aromatic nitrogens is 1. The van der Waals surface area contributed by atoms with E-state index in [0.29, 0.717) is 38.7 Å². The number of aliphatic hydroxyl groups is 1. The van der Waals surface area contributed by atoms with Gasteiger partial charge in [-0.15, -0.1) is 0 Å². The van der Waals surface area contributed by atoms with E-state index in [0.717, 1.165) is 19.2 Å². The van der Waals surface area contributed by atoms with Crippen molar-refractivity contribution in [3.05, 3.63) is 114 Å². The summed E-state index contributed by atoms with van der Waals surface area (Å²) in [6.45, 7) is 4.24. The molecule has 42 nitrogen and oxygen atoms in total. The number of aromatic amines is 1. The summed E-state index contributed by atoms with van der Waals surface area (Å²) in [5, 5.41) is 65.4. The number of carboxylic acids is 1. The molecule has 28 N–H and O–H groups in total. The highest BCUT2D eigenvalue weighted by Crippen LogP contribution is 2.22. The van der Waals surface area contributed by atoms with Gasteiger partial charge in [0, 0.05) is 69.2 Å². The molecule has 648 valence electrons. The van der Waals surface area contributed by atoms with E-state index in [9.17, 15) is 72.5 Å². The van der Waals surface area contributed by atoms with Gasteiger partial charge in [-0.3, -0.25) is 86.9 Å². The SMILES string of the molecule is COc1ccc(C[C@@H]2NC(=O)[C@H](CCCNC(=N)N)NC(=O)[C@H](CCC(N)=O)NC(=O)[C@H](Cc3c[nH]c4ccccc34)NC(=O)C([C@@H](C)O)NC(=O)[C@H](CC(N)=O)NC(=O)C(NC(C)=O)CCCCNC(=O)CC[C@H](C(=O)N[C@@H](CC(N)=O)C(=O)N[C@@H](CC(N)=O)C(=O)O)NC(=O)C(C)(C)NC(=O)[C@H](Cc3ccc4ccccc4c3)NC2=O)cc1. The van der Waals surface area contributed by atoms with Crippen LogP contribution in [0.5, 0.6) is 5.75 Å². The van der Waals surface area contributed by atoms with Crippen molar-refractivity contribution >= 4 is 134 Å². The maximum Gasteiger partial charge on any atom is 0.326 e. The number of aliphatic carboxylic acids is 1. The summed E-state index contributed by atoms with van der Waals surface area (Å²) >= 11 is 0. The lowest BCUT2D eigenvalue weighted by Crippen LogP contribution is -2.64. The number of hydrogen-bond acceptors (Lipinski definition) is 21. The van der Waals surface area contributed by atoms with Crippen molar-refractivity contribution in [1.82, 2.24) is 79.4 Å². The second-order valence-corrected chi connectivity index (χ2v) is 29.3. The Hall–Kier alpha value is -13.8. The summed E-state index contributed by atoms with van der Waals surface area (Å²) < 4.78 is 5.37. The van der Waals surface area contributed by atoms with Crippen molar-refractivity contribution in [3.8, 4) is 5.75 Å². The second kappa shape index (κ2) is 45.6. The van der Waals surface area contributed by atoms with E-state index in [1.165, 1.54) is 27.2 Å². The number of carbonyl (C=O) groups is 18. The summed E-state index contributed by atoms with van der Waals surface area (Å²) in [6, 6.07) is 5.20. The number of guanidine groups is 1. The lowest BCUT2D eigenvalue weighted by molar-refractivity contribution is -0.144. The first-order chi connectivity index (χ1) is 56.7. The molecular weight excluding hydrogens is 1570 g/mol. The van der Waals surface area contributed by atoms with Crippen molar-refractivity contribution in [1.29, 1.82) is 5.41 Å². The van der Waals surface area contributed by atoms with E-state index >= 15 is 24.0 Å². The molecule has 1 saturated heterocycles. The second-order valence-electron chi connectivity index (χ2n) is 29.3. The van der Waals surface area contributed by atoms with Crippen LogP contribution in [0.4, 0.5) is 0 Å². The zero-order valence-corrected chi connectivity index (χ0v) is 66.7. The van der Waals surface area contributed by atoms with Crippen LogP contribution in [0.25, 0.3) is 21.7 Å². The van der Waals surface area contributed by atoms with Crippen LogP contribution in [-0.2, 0) is 106 Å². The standard InChI is InChI=1S/C78H105N21O21/c1-39(100)64-74(116)95-55(34-45-38-87-48-16-9-8-15-47(45)48)70(112)90-51(25-27-59(79)102)67(109)89-50(18-12-30-86-77(83)84)66(108)91-53(32-41-20-23-46(120-5)24-21-41)69(111)92-54(33-42-19-22-43-13-6-7-14-44(43)31-42)73(115)99-78(3,4)76(119)97-52(68(110)93-56(35-60(80)103)71(113)96-58(75(117)118)37-62(82)105)26-28-63(106)85-29-11-10-17-49(88-40(2)101)65(107)94-57(36-61(81)104)72(114)98-64/h6-9,13-16,19-24,31,38-39,49-58,64,87,100H,10-12,17-18,25-30,32-37H2,1-5H3,(H2,79,102)(H2,80,103)(H2,81,104)(H2,82,105)(H,85,106)(H,88,101)(H,89,109)(H,90,112)(H,91,108)(H,92,111)(H,93,110)(H,94,107)(H,95,116)(H,96,113)(H,97,119)(H,98,114)(H,99,115)(H,117,118)(H4,83,84,86)/t39-,49?,50+,51+,52-,53+,54+,55+,56+,57+,58+,64?/m1/s1. The maximum atomic E-state index is 15.4. The van der Waals surface area contributed by atoms with Crippen LogP contribution in [0.3, 0.4) is 0 Å². The fourth-order valence-corrected chi connectivity index (χ4v) is 12.8.